The second-order valence-electron chi connectivity index (χ2n) is 14.2. The number of benzene rings is 5. The third-order valence-electron chi connectivity index (χ3n) is 10.6. The van der Waals surface area contributed by atoms with Crippen LogP contribution >= 0.6 is 0 Å². The standard InChI is InChI=1S/C52H33N7/c53-32-34-29-35(33-54)31-38(30-34)51-45-23-21-41(55-45)49(36-13-5-1-6-14-36)43-25-27-47(57-43)52(59(39-17-9-3-10-18-39)40-19-11-4-12-20-40)48-28-26-44(58-48)50(37-15-7-2-8-16-37)42-22-24-46(51)56-42/h1-31,55,58H. The van der Waals surface area contributed by atoms with Gasteiger partial charge in [-0.2, -0.15) is 10.5 Å². The number of para-hydroxylation sites is 2. The molecule has 10 rings (SSSR count). The molecule has 0 amide bonds. The molecule has 5 heterocycles. The predicted molar refractivity (Wildman–Crippen MR) is 239 cm³/mol. The third-order valence-corrected chi connectivity index (χ3v) is 10.6. The number of rotatable bonds is 6. The first-order valence-corrected chi connectivity index (χ1v) is 19.3. The van der Waals surface area contributed by atoms with Gasteiger partial charge in [-0.25, -0.2) is 9.97 Å². The molecule has 7 heteroatoms. The van der Waals surface area contributed by atoms with Crippen molar-refractivity contribution in [1.29, 1.82) is 10.5 Å². The number of fused-ring (bicyclic) bond motifs is 8. The topological polar surface area (TPSA) is 108 Å². The van der Waals surface area contributed by atoms with E-state index in [-0.39, 0.29) is 0 Å². The number of aromatic amines is 2. The second-order valence-corrected chi connectivity index (χ2v) is 14.2. The molecule has 0 radical (unpaired) electrons. The minimum atomic E-state index is 0.393. The van der Waals surface area contributed by atoms with E-state index in [1.54, 1.807) is 6.07 Å². The molecule has 8 aromatic rings. The minimum Gasteiger partial charge on any atom is -0.354 e. The maximum atomic E-state index is 10.0. The third kappa shape index (κ3) is 6.45. The van der Waals surface area contributed by atoms with E-state index in [0.717, 1.165) is 84.0 Å². The molecule has 2 aliphatic rings. The summed E-state index contributed by atoms with van der Waals surface area (Å²) in [5, 5.41) is 20.0. The molecule has 2 aliphatic heterocycles. The summed E-state index contributed by atoms with van der Waals surface area (Å²) in [6.45, 7) is 0. The lowest BCUT2D eigenvalue weighted by atomic mass is 9.99. The van der Waals surface area contributed by atoms with Crippen molar-refractivity contribution in [2.75, 3.05) is 4.90 Å². The van der Waals surface area contributed by atoms with Gasteiger partial charge in [0.25, 0.3) is 0 Å². The second kappa shape index (κ2) is 14.9. The van der Waals surface area contributed by atoms with Crippen molar-refractivity contribution in [2.24, 2.45) is 0 Å². The Morgan fingerprint density at radius 3 is 1.22 bits per heavy atom. The Morgan fingerprint density at radius 1 is 0.390 bits per heavy atom. The molecule has 8 bridgehead atoms. The van der Waals surface area contributed by atoms with Crippen LogP contribution in [0.3, 0.4) is 0 Å². The summed E-state index contributed by atoms with van der Waals surface area (Å²) < 4.78 is 0. The van der Waals surface area contributed by atoms with Gasteiger partial charge in [0.05, 0.1) is 57.2 Å². The van der Waals surface area contributed by atoms with Gasteiger partial charge in [-0.15, -0.1) is 0 Å². The van der Waals surface area contributed by atoms with Crippen LogP contribution in [0.2, 0.25) is 0 Å². The highest BCUT2D eigenvalue weighted by Gasteiger charge is 2.22. The Balaban J connectivity index is 1.40. The molecular weight excluding hydrogens is 723 g/mol. The zero-order valence-electron chi connectivity index (χ0n) is 31.6. The van der Waals surface area contributed by atoms with Crippen LogP contribution in [0.5, 0.6) is 0 Å². The van der Waals surface area contributed by atoms with Gasteiger partial charge in [0.1, 0.15) is 0 Å². The summed E-state index contributed by atoms with van der Waals surface area (Å²) >= 11 is 0. The lowest BCUT2D eigenvalue weighted by Crippen LogP contribution is -2.11. The first kappa shape index (κ1) is 34.9. The predicted octanol–water partition coefficient (Wildman–Crippen LogP) is 12.9. The molecule has 7 nitrogen and oxygen atoms in total. The fourth-order valence-electron chi connectivity index (χ4n) is 8.01. The van der Waals surface area contributed by atoms with E-state index >= 15 is 0 Å². The normalized spacial score (nSPS) is 11.6. The lowest BCUT2D eigenvalue weighted by Gasteiger charge is -2.26. The van der Waals surface area contributed by atoms with Crippen molar-refractivity contribution in [2.45, 2.75) is 0 Å². The van der Waals surface area contributed by atoms with Gasteiger partial charge in [0.15, 0.2) is 0 Å². The van der Waals surface area contributed by atoms with E-state index in [1.807, 2.05) is 78.9 Å². The van der Waals surface area contributed by atoms with Crippen LogP contribution in [0, 0.1) is 22.7 Å². The fourth-order valence-corrected chi connectivity index (χ4v) is 8.01. The lowest BCUT2D eigenvalue weighted by molar-refractivity contribution is 1.23. The molecule has 0 spiro atoms. The molecule has 0 atom stereocenters. The summed E-state index contributed by atoms with van der Waals surface area (Å²) in [6, 6.07) is 59.3. The molecule has 276 valence electrons. The minimum absolute atomic E-state index is 0.393. The molecule has 0 fully saturated rings. The fraction of sp³-hybridized carbons (Fsp3) is 0. The van der Waals surface area contributed by atoms with Crippen LogP contribution in [0.4, 0.5) is 17.1 Å². The summed E-state index contributed by atoms with van der Waals surface area (Å²) in [5.41, 5.74) is 15.4. The van der Waals surface area contributed by atoms with Crippen LogP contribution in [-0.4, -0.2) is 19.9 Å². The van der Waals surface area contributed by atoms with Gasteiger partial charge < -0.3 is 14.9 Å². The van der Waals surface area contributed by atoms with Crippen LogP contribution < -0.4 is 4.90 Å². The number of hydrogen-bond donors (Lipinski definition) is 2. The van der Waals surface area contributed by atoms with Gasteiger partial charge in [0.2, 0.25) is 0 Å². The largest absolute Gasteiger partial charge is 0.354 e. The van der Waals surface area contributed by atoms with E-state index in [0.29, 0.717) is 22.4 Å². The number of aromatic nitrogens is 4. The number of nitriles is 2. The Bertz CT molecular complexity index is 3110. The van der Waals surface area contributed by atoms with Crippen molar-refractivity contribution in [3.8, 4) is 45.5 Å². The van der Waals surface area contributed by atoms with E-state index in [1.165, 1.54) is 0 Å². The highest BCUT2D eigenvalue weighted by atomic mass is 15.2. The SMILES string of the molecule is N#Cc1cc(C#N)cc(-c2c3nc(c(-c4ccccc4)c4ccc([nH]4)c(N(c4ccccc4)c4ccccc4)c4nc(c(-c5ccccc5)c5ccc2[nH]5)C=C4)C=C3)c1. The van der Waals surface area contributed by atoms with Crippen molar-refractivity contribution in [1.82, 2.24) is 19.9 Å². The quantitative estimate of drug-likeness (QED) is 0.176. The number of nitrogens with zero attached hydrogens (tertiary/aromatic N) is 5. The smallest absolute Gasteiger partial charge is 0.0992 e. The Hall–Kier alpha value is -8.52. The van der Waals surface area contributed by atoms with Crippen LogP contribution in [0.25, 0.3) is 79.8 Å². The van der Waals surface area contributed by atoms with E-state index < -0.39 is 0 Å². The molecular formula is C52H33N7. The molecule has 0 aliphatic carbocycles. The molecule has 2 N–H and O–H groups in total. The average Bonchev–Trinajstić information content (AvgIpc) is 4.15. The van der Waals surface area contributed by atoms with Gasteiger partial charge in [-0.3, -0.25) is 0 Å². The van der Waals surface area contributed by atoms with Crippen molar-refractivity contribution in [3.63, 3.8) is 0 Å². The maximum absolute atomic E-state index is 10.0. The molecule has 59 heavy (non-hydrogen) atoms. The van der Waals surface area contributed by atoms with Crippen LogP contribution in [0.1, 0.15) is 33.9 Å². The van der Waals surface area contributed by atoms with Crippen LogP contribution in [-0.2, 0) is 0 Å². The summed E-state index contributed by atoms with van der Waals surface area (Å²) in [7, 11) is 0. The van der Waals surface area contributed by atoms with Gasteiger partial charge >= 0.3 is 0 Å². The van der Waals surface area contributed by atoms with Gasteiger partial charge in [-0.1, -0.05) is 97.1 Å². The first-order chi connectivity index (χ1) is 29.1. The van der Waals surface area contributed by atoms with E-state index in [9.17, 15) is 10.5 Å². The number of H-pyrrole nitrogens is 2. The number of hydrogen-bond acceptors (Lipinski definition) is 5. The zero-order valence-corrected chi connectivity index (χ0v) is 31.6. The maximum Gasteiger partial charge on any atom is 0.0992 e. The molecule has 0 unspecified atom stereocenters. The molecule has 0 saturated heterocycles. The number of anilines is 3. The monoisotopic (exact) mass is 755 g/mol. The zero-order chi connectivity index (χ0) is 39.7. The number of nitrogens with one attached hydrogen (secondary N) is 2. The van der Waals surface area contributed by atoms with Gasteiger partial charge in [-0.05, 0) is 108 Å². The summed E-state index contributed by atoms with van der Waals surface area (Å²) in [4.78, 5) is 20.7. The Morgan fingerprint density at radius 2 is 0.763 bits per heavy atom. The Labute approximate surface area is 340 Å². The molecule has 0 saturated carbocycles. The van der Waals surface area contributed by atoms with E-state index in [2.05, 4.69) is 130 Å². The molecule has 3 aromatic heterocycles. The van der Waals surface area contributed by atoms with E-state index in [4.69, 9.17) is 9.97 Å². The van der Waals surface area contributed by atoms with Crippen molar-refractivity contribution >= 4 is 63.4 Å². The Kier molecular flexibility index (Phi) is 8.80. The average molecular weight is 756 g/mol. The first-order valence-electron chi connectivity index (χ1n) is 19.3. The highest BCUT2D eigenvalue weighted by molar-refractivity contribution is 6.01. The highest BCUT2D eigenvalue weighted by Crippen LogP contribution is 2.42. The molecule has 5 aromatic carbocycles. The van der Waals surface area contributed by atoms with Crippen molar-refractivity contribution in [3.05, 3.63) is 198 Å². The summed E-state index contributed by atoms with van der Waals surface area (Å²) in [6.07, 6.45) is 8.23. The van der Waals surface area contributed by atoms with Crippen LogP contribution in [0.15, 0.2) is 164 Å². The van der Waals surface area contributed by atoms with Gasteiger partial charge in [0, 0.05) is 44.6 Å². The van der Waals surface area contributed by atoms with Crippen molar-refractivity contribution < 1.29 is 0 Å². The summed E-state index contributed by atoms with van der Waals surface area (Å²) in [5.74, 6) is 0.